The van der Waals surface area contributed by atoms with Gasteiger partial charge in [-0.1, -0.05) is 128 Å². The van der Waals surface area contributed by atoms with Gasteiger partial charge >= 0.3 is 7.82 Å². The third kappa shape index (κ3) is 23.1. The van der Waals surface area contributed by atoms with E-state index >= 15 is 0 Å². The quantitative estimate of drug-likeness (QED) is 0.0603. The maximum atomic E-state index is 12.4. The zero-order chi connectivity index (χ0) is 32.1. The van der Waals surface area contributed by atoms with Crippen molar-refractivity contribution in [1.82, 2.24) is 0 Å². The average Bonchev–Trinajstić information content (AvgIpc) is 3.02. The Labute approximate surface area is 270 Å². The minimum absolute atomic E-state index is 0.0181. The Kier molecular flexibility index (Phi) is 26.0. The number of benzene rings is 1. The normalized spacial score (nSPS) is 13.5. The number of carbonyl (C=O) groups is 1. The van der Waals surface area contributed by atoms with Crippen molar-refractivity contribution in [3.8, 4) is 5.75 Å². The molecule has 8 heteroatoms. The third-order valence-electron chi connectivity index (χ3n) is 8.26. The number of ether oxygens (including phenoxy) is 1. The molecule has 3 N–H and O–H groups in total. The molecule has 2 atom stereocenters. The molecular formula is C36H67NO6P+. The lowest BCUT2D eigenvalue weighted by molar-refractivity contribution is -0.627. The molecule has 1 aromatic carbocycles. The van der Waals surface area contributed by atoms with Gasteiger partial charge in [-0.15, -0.1) is 0 Å². The molecule has 1 aromatic rings. The van der Waals surface area contributed by atoms with Crippen molar-refractivity contribution < 1.29 is 33.4 Å². The summed E-state index contributed by atoms with van der Waals surface area (Å²) in [6, 6.07) is 7.90. The monoisotopic (exact) mass is 640 g/mol. The summed E-state index contributed by atoms with van der Waals surface area (Å²) >= 11 is 0. The average molecular weight is 641 g/mol. The number of ketones is 1. The van der Waals surface area contributed by atoms with Gasteiger partial charge in [-0.2, -0.15) is 0 Å². The van der Waals surface area contributed by atoms with Crippen molar-refractivity contribution in [2.75, 3.05) is 33.4 Å². The molecule has 0 aliphatic heterocycles. The van der Waals surface area contributed by atoms with Gasteiger partial charge in [-0.25, -0.2) is 4.57 Å². The smallest absolute Gasteiger partial charge is 0.472 e. The maximum Gasteiger partial charge on any atom is 0.472 e. The first-order valence-corrected chi connectivity index (χ1v) is 19.5. The number of rotatable bonds is 32. The zero-order valence-corrected chi connectivity index (χ0v) is 29.5. The number of phosphoric ester groups is 1. The van der Waals surface area contributed by atoms with E-state index in [0.29, 0.717) is 25.9 Å². The van der Waals surface area contributed by atoms with Crippen molar-refractivity contribution in [3.63, 3.8) is 0 Å². The molecule has 1 rings (SSSR count). The van der Waals surface area contributed by atoms with Crippen molar-refractivity contribution in [3.05, 3.63) is 29.8 Å². The number of hydrogen-bond acceptors (Lipinski definition) is 5. The Balaban J connectivity index is 2.30. The van der Waals surface area contributed by atoms with E-state index in [1.54, 1.807) is 0 Å². The highest BCUT2D eigenvalue weighted by molar-refractivity contribution is 7.47. The Bertz CT molecular complexity index is 867. The molecule has 2 unspecified atom stereocenters. The van der Waals surface area contributed by atoms with Gasteiger partial charge in [0, 0.05) is 12.8 Å². The molecule has 44 heavy (non-hydrogen) atoms. The molecule has 0 saturated heterocycles. The Morgan fingerprint density at radius 3 is 1.89 bits per heavy atom. The minimum atomic E-state index is -4.16. The van der Waals surface area contributed by atoms with E-state index in [9.17, 15) is 14.3 Å². The maximum absolute atomic E-state index is 12.4. The van der Waals surface area contributed by atoms with Crippen LogP contribution in [0.25, 0.3) is 0 Å². The molecule has 7 nitrogen and oxygen atoms in total. The van der Waals surface area contributed by atoms with Gasteiger partial charge in [0.15, 0.2) is 0 Å². The summed E-state index contributed by atoms with van der Waals surface area (Å²) in [4.78, 5) is 22.4. The van der Waals surface area contributed by atoms with Gasteiger partial charge in [0.2, 0.25) is 0 Å². The van der Waals surface area contributed by atoms with Crippen LogP contribution in [0.15, 0.2) is 24.3 Å². The molecular weight excluding hydrogens is 573 g/mol. The van der Waals surface area contributed by atoms with E-state index in [0.717, 1.165) is 30.7 Å². The fourth-order valence-electron chi connectivity index (χ4n) is 5.48. The Morgan fingerprint density at radius 2 is 1.32 bits per heavy atom. The molecule has 0 amide bonds. The molecule has 0 aliphatic carbocycles. The number of unbranched alkanes of at least 4 members (excludes halogenated alkanes) is 16. The summed E-state index contributed by atoms with van der Waals surface area (Å²) in [7, 11) is -2.18. The van der Waals surface area contributed by atoms with Crippen LogP contribution in [0.5, 0.6) is 5.75 Å². The molecule has 0 saturated carbocycles. The lowest BCUT2D eigenvalue weighted by atomic mass is 9.94. The predicted molar refractivity (Wildman–Crippen MR) is 182 cm³/mol. The number of carbonyl (C=O) groups excluding carboxylic acids is 1. The Morgan fingerprint density at radius 1 is 0.773 bits per heavy atom. The largest absolute Gasteiger partial charge is 0.493 e. The number of Topliss-reactive ketones (excluding diaryl/α,β-unsaturated/α-hetero) is 1. The number of hydrogen-bond donors (Lipinski definition) is 2. The van der Waals surface area contributed by atoms with Crippen molar-refractivity contribution >= 4 is 13.6 Å². The summed E-state index contributed by atoms with van der Waals surface area (Å²) in [5, 5.41) is 2.06. The summed E-state index contributed by atoms with van der Waals surface area (Å²) in [6.45, 7) is 5.89. The highest BCUT2D eigenvalue weighted by atomic mass is 31.2. The van der Waals surface area contributed by atoms with Crippen LogP contribution in [0, 0.1) is 5.92 Å². The molecule has 0 radical (unpaired) electrons. The molecule has 0 aromatic heterocycles. The first-order valence-electron chi connectivity index (χ1n) is 18.0. The number of phosphoric acid groups is 1. The van der Waals surface area contributed by atoms with E-state index in [1.807, 2.05) is 38.2 Å². The standard InChI is InChI=1S/C36H66NO6P/c1-4-6-7-8-9-10-11-12-13-14-15-16-17-18-19-23-28-41-36-26-21-20-25-34(36)30-33(31-35(38)5-2)32-43-44(39,40)42-29-24-22-27-37-3/h20-21,25-26,33,37H,4-19,22-24,27-32H2,1-3H3,(H,39,40)/p+1. The fourth-order valence-corrected chi connectivity index (χ4v) is 6.31. The first kappa shape index (κ1) is 40.8. The predicted octanol–water partition coefficient (Wildman–Crippen LogP) is 8.96. The van der Waals surface area contributed by atoms with E-state index in [1.165, 1.54) is 96.3 Å². The molecule has 0 bridgehead atoms. The minimum Gasteiger partial charge on any atom is -0.493 e. The van der Waals surface area contributed by atoms with Crippen LogP contribution in [0.4, 0.5) is 0 Å². The van der Waals surface area contributed by atoms with Gasteiger partial charge in [0.05, 0.1) is 33.4 Å². The van der Waals surface area contributed by atoms with Crippen molar-refractivity contribution in [2.45, 2.75) is 149 Å². The summed E-state index contributed by atoms with van der Waals surface area (Å²) in [5.74, 6) is 0.690. The van der Waals surface area contributed by atoms with E-state index in [2.05, 4.69) is 12.2 Å². The SMILES string of the molecule is CCCCCCCCCCCCCCCCCCOc1ccccc1CC(COP(=O)(O)OCCCC[NH2+]C)CC(=O)CC. The van der Waals surface area contributed by atoms with Crippen LogP contribution in [0.3, 0.4) is 0 Å². The van der Waals surface area contributed by atoms with Crippen LogP contribution < -0.4 is 10.1 Å². The van der Waals surface area contributed by atoms with Crippen LogP contribution in [0.1, 0.15) is 148 Å². The van der Waals surface area contributed by atoms with E-state index < -0.39 is 7.82 Å². The van der Waals surface area contributed by atoms with Crippen LogP contribution in [0.2, 0.25) is 0 Å². The van der Waals surface area contributed by atoms with Crippen molar-refractivity contribution in [1.29, 1.82) is 0 Å². The van der Waals surface area contributed by atoms with Crippen LogP contribution >= 0.6 is 7.82 Å². The van der Waals surface area contributed by atoms with Crippen LogP contribution in [-0.4, -0.2) is 44.1 Å². The van der Waals surface area contributed by atoms with Crippen molar-refractivity contribution in [2.24, 2.45) is 5.92 Å². The lowest BCUT2D eigenvalue weighted by Crippen LogP contribution is -2.79. The van der Waals surface area contributed by atoms with Gasteiger partial charge in [-0.3, -0.25) is 13.8 Å². The van der Waals surface area contributed by atoms with Gasteiger partial charge in [-0.05, 0) is 43.2 Å². The highest BCUT2D eigenvalue weighted by Gasteiger charge is 2.25. The third-order valence-corrected chi connectivity index (χ3v) is 9.25. The number of quaternary nitrogens is 1. The molecule has 256 valence electrons. The molecule has 0 spiro atoms. The second-order valence-corrected chi connectivity index (χ2v) is 13.9. The summed E-state index contributed by atoms with van der Waals surface area (Å²) in [5.41, 5.74) is 0.992. The van der Waals surface area contributed by atoms with E-state index in [4.69, 9.17) is 13.8 Å². The lowest BCUT2D eigenvalue weighted by Gasteiger charge is -2.20. The molecule has 0 aliphatic rings. The highest BCUT2D eigenvalue weighted by Crippen LogP contribution is 2.44. The molecule has 0 fully saturated rings. The first-order chi connectivity index (χ1) is 21.4. The number of nitrogens with two attached hydrogens (primary N) is 1. The zero-order valence-electron chi connectivity index (χ0n) is 28.6. The van der Waals surface area contributed by atoms with Crippen LogP contribution in [-0.2, 0) is 24.8 Å². The van der Waals surface area contributed by atoms with E-state index in [-0.39, 0.29) is 31.3 Å². The molecule has 0 heterocycles. The summed E-state index contributed by atoms with van der Waals surface area (Å²) in [6.07, 6.45) is 24.3. The van der Waals surface area contributed by atoms with Gasteiger partial charge in [0.25, 0.3) is 0 Å². The topological polar surface area (TPSA) is 98.7 Å². The van der Waals surface area contributed by atoms with Gasteiger partial charge in [0.1, 0.15) is 11.5 Å². The van der Waals surface area contributed by atoms with Gasteiger partial charge < -0.3 is 14.9 Å². The number of para-hydroxylation sites is 1. The second kappa shape index (κ2) is 28.0. The summed E-state index contributed by atoms with van der Waals surface area (Å²) < 4.78 is 29.0. The fraction of sp³-hybridized carbons (Fsp3) is 0.806. The second-order valence-electron chi connectivity index (χ2n) is 12.4. The Hall–Kier alpha value is -1.24.